The number of carbonyl (C=O) groups excluding carboxylic acids is 2. The number of ether oxygens (including phenoxy) is 1. The average Bonchev–Trinajstić information content (AvgIpc) is 2.12. The normalized spacial score (nSPS) is 23.6. The summed E-state index contributed by atoms with van der Waals surface area (Å²) in [6, 6.07) is -0.548. The largest absolute Gasteiger partial charge is 0.444 e. The molecular formula is C13H24N2O3. The smallest absolute Gasteiger partial charge is 0.410 e. The molecule has 104 valence electrons. The summed E-state index contributed by atoms with van der Waals surface area (Å²) in [6.07, 6.45) is 1.01. The Kier molecular flexibility index (Phi) is 3.93. The van der Waals surface area contributed by atoms with Gasteiger partial charge in [-0.2, -0.15) is 0 Å². The Bertz CT molecular complexity index is 345. The van der Waals surface area contributed by atoms with Crippen LogP contribution in [0.15, 0.2) is 0 Å². The lowest BCUT2D eigenvalue weighted by Crippen LogP contribution is -2.55. The van der Waals surface area contributed by atoms with Crippen LogP contribution >= 0.6 is 0 Å². The summed E-state index contributed by atoms with van der Waals surface area (Å²) in [5.41, 5.74) is 4.78. The zero-order chi connectivity index (χ0) is 14.1. The minimum Gasteiger partial charge on any atom is -0.444 e. The Balaban J connectivity index is 2.85. The van der Waals surface area contributed by atoms with Crippen LogP contribution in [0.4, 0.5) is 4.79 Å². The van der Waals surface area contributed by atoms with Crippen LogP contribution in [0.5, 0.6) is 0 Å². The van der Waals surface area contributed by atoms with E-state index in [9.17, 15) is 9.59 Å². The molecule has 2 amide bonds. The maximum Gasteiger partial charge on any atom is 0.410 e. The Hall–Kier alpha value is -1.26. The number of nitrogens with two attached hydrogens (primary N) is 1. The summed E-state index contributed by atoms with van der Waals surface area (Å²) in [4.78, 5) is 25.0. The summed E-state index contributed by atoms with van der Waals surface area (Å²) in [6.45, 7) is 10.1. The van der Waals surface area contributed by atoms with E-state index in [1.54, 1.807) is 20.8 Å². The zero-order valence-corrected chi connectivity index (χ0v) is 11.9. The van der Waals surface area contributed by atoms with Gasteiger partial charge in [0.1, 0.15) is 11.6 Å². The molecule has 0 aromatic carbocycles. The number of hydrogen-bond acceptors (Lipinski definition) is 3. The Morgan fingerprint density at radius 3 is 2.33 bits per heavy atom. The number of carbonyl (C=O) groups is 2. The van der Waals surface area contributed by atoms with Gasteiger partial charge < -0.3 is 10.5 Å². The quantitative estimate of drug-likeness (QED) is 0.778. The molecule has 0 unspecified atom stereocenters. The first-order valence-electron chi connectivity index (χ1n) is 6.31. The molecule has 0 aromatic rings. The highest BCUT2D eigenvalue weighted by atomic mass is 16.6. The standard InChI is InChI=1S/C13H24N2O3/c1-12(2,3)18-11(17)15-8-13(4,5)7-6-9(15)10(14)16/h9H,6-8H2,1-5H3,(H2,14,16)/t9-/m0/s1. The highest BCUT2D eigenvalue weighted by Gasteiger charge is 2.40. The molecule has 0 radical (unpaired) electrons. The lowest BCUT2D eigenvalue weighted by Gasteiger charge is -2.42. The second-order valence-electron chi connectivity index (χ2n) is 6.73. The van der Waals surface area contributed by atoms with Gasteiger partial charge in [-0.1, -0.05) is 13.8 Å². The molecule has 1 aliphatic heterocycles. The molecule has 1 heterocycles. The highest BCUT2D eigenvalue weighted by Crippen LogP contribution is 2.32. The molecule has 5 nitrogen and oxygen atoms in total. The van der Waals surface area contributed by atoms with E-state index in [-0.39, 0.29) is 5.41 Å². The maximum absolute atomic E-state index is 12.1. The van der Waals surface area contributed by atoms with E-state index in [4.69, 9.17) is 10.5 Å². The van der Waals surface area contributed by atoms with Crippen molar-refractivity contribution in [2.24, 2.45) is 11.1 Å². The van der Waals surface area contributed by atoms with Crippen molar-refractivity contribution in [2.45, 2.75) is 59.1 Å². The van der Waals surface area contributed by atoms with E-state index in [2.05, 4.69) is 13.8 Å². The Labute approximate surface area is 109 Å². The van der Waals surface area contributed by atoms with Crippen LogP contribution in [0, 0.1) is 5.41 Å². The molecule has 0 spiro atoms. The van der Waals surface area contributed by atoms with Gasteiger partial charge in [0.05, 0.1) is 0 Å². The van der Waals surface area contributed by atoms with Crippen LogP contribution in [-0.2, 0) is 9.53 Å². The topological polar surface area (TPSA) is 72.6 Å². The molecule has 0 aromatic heterocycles. The van der Waals surface area contributed by atoms with E-state index in [1.807, 2.05) is 0 Å². The number of amides is 2. The minimum atomic E-state index is -0.569. The lowest BCUT2D eigenvalue weighted by atomic mass is 9.81. The van der Waals surface area contributed by atoms with Crippen molar-refractivity contribution in [1.82, 2.24) is 4.90 Å². The summed E-state index contributed by atoms with van der Waals surface area (Å²) in [7, 11) is 0. The van der Waals surface area contributed by atoms with E-state index < -0.39 is 23.6 Å². The predicted molar refractivity (Wildman–Crippen MR) is 68.9 cm³/mol. The van der Waals surface area contributed by atoms with Gasteiger partial charge in [0, 0.05) is 6.54 Å². The van der Waals surface area contributed by atoms with E-state index in [1.165, 1.54) is 4.90 Å². The average molecular weight is 256 g/mol. The summed E-state index contributed by atoms with van der Waals surface area (Å²) in [5, 5.41) is 0. The molecule has 5 heteroatoms. The lowest BCUT2D eigenvalue weighted by molar-refractivity contribution is -0.125. The van der Waals surface area contributed by atoms with Gasteiger partial charge >= 0.3 is 6.09 Å². The fraction of sp³-hybridized carbons (Fsp3) is 0.846. The SMILES string of the molecule is CC1(C)CC[C@@H](C(N)=O)N(C(=O)OC(C)(C)C)C1. The molecule has 1 aliphatic rings. The number of rotatable bonds is 1. The fourth-order valence-electron chi connectivity index (χ4n) is 2.14. The number of nitrogens with zero attached hydrogens (tertiary/aromatic N) is 1. The highest BCUT2D eigenvalue weighted by molar-refractivity contribution is 5.84. The summed E-state index contributed by atoms with van der Waals surface area (Å²) >= 11 is 0. The van der Waals surface area contributed by atoms with Crippen LogP contribution in [0.2, 0.25) is 0 Å². The molecule has 2 N–H and O–H groups in total. The molecule has 0 saturated carbocycles. The van der Waals surface area contributed by atoms with Gasteiger partial charge in [0.25, 0.3) is 0 Å². The first kappa shape index (κ1) is 14.8. The monoisotopic (exact) mass is 256 g/mol. The predicted octanol–water partition coefficient (Wildman–Crippen LogP) is 1.90. The van der Waals surface area contributed by atoms with Crippen molar-refractivity contribution in [3.8, 4) is 0 Å². The van der Waals surface area contributed by atoms with E-state index in [0.717, 1.165) is 6.42 Å². The number of piperidine rings is 1. The number of likely N-dealkylation sites (tertiary alicyclic amines) is 1. The van der Waals surface area contributed by atoms with E-state index in [0.29, 0.717) is 13.0 Å². The molecular weight excluding hydrogens is 232 g/mol. The zero-order valence-electron chi connectivity index (χ0n) is 11.9. The maximum atomic E-state index is 12.1. The molecule has 1 atom stereocenters. The van der Waals surface area contributed by atoms with Crippen LogP contribution in [0.25, 0.3) is 0 Å². The first-order chi connectivity index (χ1) is 8.02. The molecule has 1 saturated heterocycles. The van der Waals surface area contributed by atoms with Crippen molar-refractivity contribution >= 4 is 12.0 Å². The van der Waals surface area contributed by atoms with Crippen LogP contribution in [-0.4, -0.2) is 35.1 Å². The van der Waals surface area contributed by atoms with Gasteiger partial charge in [-0.15, -0.1) is 0 Å². The summed E-state index contributed by atoms with van der Waals surface area (Å²) in [5.74, 6) is -0.462. The molecule has 0 aliphatic carbocycles. The third-order valence-corrected chi connectivity index (χ3v) is 3.03. The van der Waals surface area contributed by atoms with Crippen molar-refractivity contribution in [3.63, 3.8) is 0 Å². The van der Waals surface area contributed by atoms with Crippen LogP contribution in [0.3, 0.4) is 0 Å². The van der Waals surface area contributed by atoms with Crippen molar-refractivity contribution in [1.29, 1.82) is 0 Å². The van der Waals surface area contributed by atoms with Gasteiger partial charge in [-0.3, -0.25) is 9.69 Å². The minimum absolute atomic E-state index is 0.0111. The van der Waals surface area contributed by atoms with Crippen LogP contribution < -0.4 is 5.73 Å². The molecule has 1 rings (SSSR count). The Morgan fingerprint density at radius 2 is 1.89 bits per heavy atom. The molecule has 18 heavy (non-hydrogen) atoms. The van der Waals surface area contributed by atoms with Gasteiger partial charge in [0.2, 0.25) is 5.91 Å². The van der Waals surface area contributed by atoms with Gasteiger partial charge in [-0.05, 0) is 39.0 Å². The number of primary amides is 1. The molecule has 1 fully saturated rings. The van der Waals surface area contributed by atoms with E-state index >= 15 is 0 Å². The second kappa shape index (κ2) is 4.78. The van der Waals surface area contributed by atoms with Crippen molar-refractivity contribution < 1.29 is 14.3 Å². The first-order valence-corrected chi connectivity index (χ1v) is 6.31. The fourth-order valence-corrected chi connectivity index (χ4v) is 2.14. The third kappa shape index (κ3) is 3.89. The number of hydrogen-bond donors (Lipinski definition) is 1. The van der Waals surface area contributed by atoms with Gasteiger partial charge in [0.15, 0.2) is 0 Å². The third-order valence-electron chi connectivity index (χ3n) is 3.03. The second-order valence-corrected chi connectivity index (χ2v) is 6.73. The van der Waals surface area contributed by atoms with Crippen LogP contribution in [0.1, 0.15) is 47.5 Å². The Morgan fingerprint density at radius 1 is 1.33 bits per heavy atom. The van der Waals surface area contributed by atoms with Crippen molar-refractivity contribution in [3.05, 3.63) is 0 Å². The summed E-state index contributed by atoms with van der Waals surface area (Å²) < 4.78 is 5.33. The molecule has 0 bridgehead atoms. The van der Waals surface area contributed by atoms with Gasteiger partial charge in [-0.25, -0.2) is 4.79 Å². The van der Waals surface area contributed by atoms with Crippen molar-refractivity contribution in [2.75, 3.05) is 6.54 Å².